The summed E-state index contributed by atoms with van der Waals surface area (Å²) in [5.74, 6) is -5.94. The van der Waals surface area contributed by atoms with E-state index in [2.05, 4.69) is 15.6 Å². The third-order valence-corrected chi connectivity index (χ3v) is 3.93. The first-order chi connectivity index (χ1) is 13.4. The number of aryl methyl sites for hydroxylation is 1. The van der Waals surface area contributed by atoms with Crippen LogP contribution in [0.4, 0.5) is 24.5 Å². The van der Waals surface area contributed by atoms with E-state index in [1.807, 2.05) is 19.1 Å². The molecule has 0 unspecified atom stereocenters. The molecule has 0 spiro atoms. The van der Waals surface area contributed by atoms with E-state index >= 15 is 0 Å². The van der Waals surface area contributed by atoms with Gasteiger partial charge in [0.2, 0.25) is 0 Å². The molecule has 3 aromatic rings. The second kappa shape index (κ2) is 7.91. The lowest BCUT2D eigenvalue weighted by molar-refractivity contribution is 0.102. The van der Waals surface area contributed by atoms with E-state index in [0.717, 1.165) is 11.6 Å². The molecule has 2 N–H and O–H groups in total. The summed E-state index contributed by atoms with van der Waals surface area (Å²) in [7, 11) is 0. The molecule has 8 heteroatoms. The minimum Gasteiger partial charge on any atom is -0.322 e. The standard InChI is InChI=1S/C20H14F3N3O2/c1-11-4-2-3-5-14(11)25-19(27)12-8-9-24-16(10-12)20(28)26-15-7-6-13(21)17(22)18(15)23/h2-10H,1H3,(H,25,27)(H,26,28). The van der Waals surface area contributed by atoms with Gasteiger partial charge in [-0.1, -0.05) is 18.2 Å². The minimum absolute atomic E-state index is 0.147. The van der Waals surface area contributed by atoms with E-state index in [-0.39, 0.29) is 11.3 Å². The largest absolute Gasteiger partial charge is 0.322 e. The molecule has 0 fully saturated rings. The summed E-state index contributed by atoms with van der Waals surface area (Å²) in [6.45, 7) is 1.83. The number of nitrogens with one attached hydrogen (secondary N) is 2. The lowest BCUT2D eigenvalue weighted by Crippen LogP contribution is -2.18. The van der Waals surface area contributed by atoms with Gasteiger partial charge in [-0.25, -0.2) is 13.2 Å². The summed E-state index contributed by atoms with van der Waals surface area (Å²) < 4.78 is 40.0. The van der Waals surface area contributed by atoms with Gasteiger partial charge in [0.05, 0.1) is 5.69 Å². The highest BCUT2D eigenvalue weighted by Gasteiger charge is 2.18. The van der Waals surface area contributed by atoms with Crippen LogP contribution < -0.4 is 10.6 Å². The Hall–Kier alpha value is -3.68. The topological polar surface area (TPSA) is 71.1 Å². The Balaban J connectivity index is 1.79. The molecular weight excluding hydrogens is 371 g/mol. The van der Waals surface area contributed by atoms with Gasteiger partial charge in [-0.2, -0.15) is 0 Å². The van der Waals surface area contributed by atoms with Crippen molar-refractivity contribution in [1.29, 1.82) is 0 Å². The summed E-state index contributed by atoms with van der Waals surface area (Å²) >= 11 is 0. The third-order valence-electron chi connectivity index (χ3n) is 3.93. The fourth-order valence-electron chi connectivity index (χ4n) is 2.41. The number of carbonyl (C=O) groups is 2. The Labute approximate surface area is 158 Å². The molecule has 142 valence electrons. The number of hydrogen-bond acceptors (Lipinski definition) is 3. The van der Waals surface area contributed by atoms with E-state index in [0.29, 0.717) is 11.8 Å². The molecule has 1 aromatic heterocycles. The lowest BCUT2D eigenvalue weighted by atomic mass is 10.1. The van der Waals surface area contributed by atoms with Crippen LogP contribution in [0.2, 0.25) is 0 Å². The third kappa shape index (κ3) is 4.01. The zero-order valence-corrected chi connectivity index (χ0v) is 14.6. The highest BCUT2D eigenvalue weighted by molar-refractivity contribution is 6.08. The van der Waals surface area contributed by atoms with Crippen molar-refractivity contribution < 1.29 is 22.8 Å². The van der Waals surface area contributed by atoms with Gasteiger partial charge >= 0.3 is 0 Å². The monoisotopic (exact) mass is 385 g/mol. The van der Waals surface area contributed by atoms with Crippen LogP contribution in [-0.4, -0.2) is 16.8 Å². The second-order valence-electron chi connectivity index (χ2n) is 5.88. The molecule has 0 radical (unpaired) electrons. The number of aromatic nitrogens is 1. The van der Waals surface area contributed by atoms with Crippen LogP contribution in [0.5, 0.6) is 0 Å². The van der Waals surface area contributed by atoms with E-state index in [1.165, 1.54) is 18.3 Å². The van der Waals surface area contributed by atoms with Gasteiger partial charge in [0.25, 0.3) is 11.8 Å². The summed E-state index contributed by atoms with van der Waals surface area (Å²) in [5, 5.41) is 4.82. The average Bonchev–Trinajstić information content (AvgIpc) is 2.70. The van der Waals surface area contributed by atoms with Crippen LogP contribution in [-0.2, 0) is 0 Å². The van der Waals surface area contributed by atoms with Crippen LogP contribution in [0.25, 0.3) is 0 Å². The highest BCUT2D eigenvalue weighted by Crippen LogP contribution is 2.20. The van der Waals surface area contributed by atoms with E-state index in [9.17, 15) is 22.8 Å². The van der Waals surface area contributed by atoms with Gasteiger partial charge in [-0.3, -0.25) is 14.6 Å². The number of amides is 2. The summed E-state index contributed by atoms with van der Waals surface area (Å²) in [6, 6.07) is 11.4. The lowest BCUT2D eigenvalue weighted by Gasteiger charge is -2.10. The summed E-state index contributed by atoms with van der Waals surface area (Å²) in [4.78, 5) is 28.5. The molecule has 0 aliphatic rings. The van der Waals surface area contributed by atoms with Crippen molar-refractivity contribution in [2.24, 2.45) is 0 Å². The zero-order valence-electron chi connectivity index (χ0n) is 14.6. The Morgan fingerprint density at radius 3 is 2.32 bits per heavy atom. The SMILES string of the molecule is Cc1ccccc1NC(=O)c1ccnc(C(=O)Nc2ccc(F)c(F)c2F)c1. The maximum Gasteiger partial charge on any atom is 0.274 e. The fraction of sp³-hybridized carbons (Fsp3) is 0.0500. The van der Waals surface area contributed by atoms with Crippen molar-refractivity contribution in [3.05, 3.63) is 89.0 Å². The fourth-order valence-corrected chi connectivity index (χ4v) is 2.41. The molecule has 0 saturated heterocycles. The number of carbonyl (C=O) groups excluding carboxylic acids is 2. The number of halogens is 3. The highest BCUT2D eigenvalue weighted by atomic mass is 19.2. The van der Waals surface area contributed by atoms with Crippen molar-refractivity contribution in [3.8, 4) is 0 Å². The Morgan fingerprint density at radius 1 is 0.857 bits per heavy atom. The molecule has 5 nitrogen and oxygen atoms in total. The molecule has 3 rings (SSSR count). The van der Waals surface area contributed by atoms with Crippen LogP contribution >= 0.6 is 0 Å². The quantitative estimate of drug-likeness (QED) is 0.658. The number of nitrogens with zero attached hydrogens (tertiary/aromatic N) is 1. The Kier molecular flexibility index (Phi) is 5.39. The molecule has 0 atom stereocenters. The number of hydrogen-bond donors (Lipinski definition) is 2. The molecule has 1 heterocycles. The normalized spacial score (nSPS) is 10.4. The predicted octanol–water partition coefficient (Wildman–Crippen LogP) is 4.31. The Morgan fingerprint density at radius 2 is 1.57 bits per heavy atom. The maximum absolute atomic E-state index is 13.7. The minimum atomic E-state index is -1.70. The second-order valence-corrected chi connectivity index (χ2v) is 5.88. The van der Waals surface area contributed by atoms with Gasteiger partial charge < -0.3 is 10.6 Å². The number of benzene rings is 2. The van der Waals surface area contributed by atoms with Gasteiger partial charge in [-0.05, 0) is 42.8 Å². The van der Waals surface area contributed by atoms with Crippen molar-refractivity contribution in [2.75, 3.05) is 10.6 Å². The molecule has 0 saturated carbocycles. The maximum atomic E-state index is 13.7. The molecule has 28 heavy (non-hydrogen) atoms. The first-order valence-corrected chi connectivity index (χ1v) is 8.14. The van der Waals surface area contributed by atoms with Crippen LogP contribution in [0.3, 0.4) is 0 Å². The first-order valence-electron chi connectivity index (χ1n) is 8.14. The van der Waals surface area contributed by atoms with Gasteiger partial charge in [0, 0.05) is 17.4 Å². The van der Waals surface area contributed by atoms with Crippen LogP contribution in [0, 0.1) is 24.4 Å². The summed E-state index contributed by atoms with van der Waals surface area (Å²) in [6.07, 6.45) is 1.24. The van der Waals surface area contributed by atoms with E-state index in [1.54, 1.807) is 12.1 Å². The van der Waals surface area contributed by atoms with Gasteiger partial charge in [-0.15, -0.1) is 0 Å². The number of para-hydroxylation sites is 1. The van der Waals surface area contributed by atoms with Crippen molar-refractivity contribution in [2.45, 2.75) is 6.92 Å². The van der Waals surface area contributed by atoms with Gasteiger partial charge in [0.1, 0.15) is 5.69 Å². The van der Waals surface area contributed by atoms with Crippen molar-refractivity contribution >= 4 is 23.2 Å². The average molecular weight is 385 g/mol. The smallest absolute Gasteiger partial charge is 0.274 e. The van der Waals surface area contributed by atoms with E-state index in [4.69, 9.17) is 0 Å². The molecular formula is C20H14F3N3O2. The van der Waals surface area contributed by atoms with Crippen LogP contribution in [0.1, 0.15) is 26.4 Å². The number of rotatable bonds is 4. The number of anilines is 2. The van der Waals surface area contributed by atoms with Crippen molar-refractivity contribution in [1.82, 2.24) is 4.98 Å². The van der Waals surface area contributed by atoms with Crippen LogP contribution in [0.15, 0.2) is 54.7 Å². The summed E-state index contributed by atoms with van der Waals surface area (Å²) in [5.41, 5.74) is 0.882. The van der Waals surface area contributed by atoms with Gasteiger partial charge in [0.15, 0.2) is 17.5 Å². The predicted molar refractivity (Wildman–Crippen MR) is 97.6 cm³/mol. The Bertz CT molecular complexity index is 1070. The molecule has 0 aliphatic heterocycles. The molecule has 0 bridgehead atoms. The number of pyridine rings is 1. The van der Waals surface area contributed by atoms with E-state index < -0.39 is 35.0 Å². The van der Waals surface area contributed by atoms with Crippen molar-refractivity contribution in [3.63, 3.8) is 0 Å². The first kappa shape index (κ1) is 19.1. The zero-order chi connectivity index (χ0) is 20.3. The molecule has 0 aliphatic carbocycles. The molecule has 2 amide bonds. The molecule has 2 aromatic carbocycles.